The summed E-state index contributed by atoms with van der Waals surface area (Å²) in [5, 5.41) is 9.62. The van der Waals surface area contributed by atoms with Gasteiger partial charge in [-0.15, -0.1) is 0 Å². The number of benzene rings is 3. The zero-order chi connectivity index (χ0) is 19.2. The minimum atomic E-state index is -0.0443. The number of nitrogens with zero attached hydrogens (tertiary/aromatic N) is 1. The Hall–Kier alpha value is -2.78. The Bertz CT molecular complexity index is 1010. The second kappa shape index (κ2) is 6.43. The summed E-state index contributed by atoms with van der Waals surface area (Å²) in [6.45, 7) is 4.54. The van der Waals surface area contributed by atoms with Gasteiger partial charge in [-0.1, -0.05) is 44.2 Å². The molecule has 0 amide bonds. The van der Waals surface area contributed by atoms with Gasteiger partial charge in [-0.25, -0.2) is 0 Å². The molecule has 3 nitrogen and oxygen atoms in total. The van der Waals surface area contributed by atoms with Gasteiger partial charge in [0.05, 0.1) is 13.7 Å². The fourth-order valence-electron chi connectivity index (χ4n) is 4.15. The third-order valence-electron chi connectivity index (χ3n) is 5.78. The molecule has 0 fully saturated rings. The first kappa shape index (κ1) is 17.6. The zero-order valence-corrected chi connectivity index (χ0v) is 16.3. The van der Waals surface area contributed by atoms with Crippen LogP contribution in [0.5, 0.6) is 5.75 Å². The number of hydrogen-bond acceptors (Lipinski definition) is 3. The Morgan fingerprint density at radius 2 is 1.56 bits per heavy atom. The van der Waals surface area contributed by atoms with E-state index in [-0.39, 0.29) is 12.0 Å². The van der Waals surface area contributed by atoms with Crippen molar-refractivity contribution in [3.63, 3.8) is 0 Å². The third kappa shape index (κ3) is 2.70. The lowest BCUT2D eigenvalue weighted by molar-refractivity contribution is 0.274. The van der Waals surface area contributed by atoms with Gasteiger partial charge in [0.15, 0.2) is 0 Å². The number of rotatable bonds is 4. The van der Waals surface area contributed by atoms with E-state index in [9.17, 15) is 5.11 Å². The van der Waals surface area contributed by atoms with Crippen LogP contribution in [0.4, 0.5) is 11.4 Å². The molecule has 3 aromatic carbocycles. The van der Waals surface area contributed by atoms with Crippen molar-refractivity contribution in [2.24, 2.45) is 0 Å². The van der Waals surface area contributed by atoms with Crippen LogP contribution in [0.15, 0.2) is 60.7 Å². The van der Waals surface area contributed by atoms with Crippen molar-refractivity contribution in [2.45, 2.75) is 25.9 Å². The molecule has 1 aliphatic carbocycles. The molecule has 3 aromatic rings. The van der Waals surface area contributed by atoms with E-state index >= 15 is 0 Å². The number of aliphatic hydroxyl groups excluding tert-OH is 1. The zero-order valence-electron chi connectivity index (χ0n) is 16.3. The average Bonchev–Trinajstić information content (AvgIpc) is 2.94. The lowest BCUT2D eigenvalue weighted by Gasteiger charge is -2.25. The normalized spacial score (nSPS) is 13.8. The second-order valence-electron chi connectivity index (χ2n) is 7.61. The summed E-state index contributed by atoms with van der Waals surface area (Å²) in [6.07, 6.45) is 0. The molecule has 0 unspecified atom stereocenters. The number of fused-ring (bicyclic) bond motifs is 3. The maximum absolute atomic E-state index is 9.62. The SMILES string of the molecule is COc1ccc(N(C)c2ccc3c(c2)C(C)(C)c2ccccc2-3)cc1CO. The van der Waals surface area contributed by atoms with Crippen molar-refractivity contribution >= 4 is 11.4 Å². The Morgan fingerprint density at radius 1 is 0.889 bits per heavy atom. The molecule has 4 rings (SSSR count). The van der Waals surface area contributed by atoms with E-state index in [1.54, 1.807) is 7.11 Å². The molecule has 0 saturated heterocycles. The smallest absolute Gasteiger partial charge is 0.124 e. The van der Waals surface area contributed by atoms with E-state index < -0.39 is 0 Å². The highest BCUT2D eigenvalue weighted by molar-refractivity contribution is 5.83. The van der Waals surface area contributed by atoms with Crippen LogP contribution in [0.3, 0.4) is 0 Å². The van der Waals surface area contributed by atoms with Gasteiger partial charge in [0.25, 0.3) is 0 Å². The summed E-state index contributed by atoms with van der Waals surface area (Å²) in [5.41, 5.74) is 8.31. The molecule has 1 aliphatic rings. The molecule has 0 aliphatic heterocycles. The average molecular weight is 359 g/mol. The summed E-state index contributed by atoms with van der Waals surface area (Å²) in [4.78, 5) is 2.15. The monoisotopic (exact) mass is 359 g/mol. The molecule has 0 spiro atoms. The van der Waals surface area contributed by atoms with Gasteiger partial charge in [-0.2, -0.15) is 0 Å². The van der Waals surface area contributed by atoms with E-state index in [2.05, 4.69) is 68.3 Å². The number of methoxy groups -OCH3 is 1. The maximum Gasteiger partial charge on any atom is 0.124 e. The molecule has 0 radical (unpaired) electrons. The third-order valence-corrected chi connectivity index (χ3v) is 5.78. The predicted octanol–water partition coefficient (Wildman–Crippen LogP) is 5.26. The molecule has 0 bridgehead atoms. The van der Waals surface area contributed by atoms with Gasteiger partial charge >= 0.3 is 0 Å². The van der Waals surface area contributed by atoms with E-state index in [1.165, 1.54) is 22.3 Å². The van der Waals surface area contributed by atoms with Crippen LogP contribution in [0, 0.1) is 0 Å². The van der Waals surface area contributed by atoms with Gasteiger partial charge in [0.2, 0.25) is 0 Å². The maximum atomic E-state index is 9.62. The van der Waals surface area contributed by atoms with E-state index in [1.807, 2.05) is 18.2 Å². The summed E-state index contributed by atoms with van der Waals surface area (Å²) in [6, 6.07) is 21.3. The van der Waals surface area contributed by atoms with Crippen molar-refractivity contribution in [1.29, 1.82) is 0 Å². The van der Waals surface area contributed by atoms with Crippen LogP contribution < -0.4 is 9.64 Å². The molecule has 0 heterocycles. The molecule has 0 atom stereocenters. The Labute approximate surface area is 160 Å². The summed E-state index contributed by atoms with van der Waals surface area (Å²) in [5.74, 6) is 0.709. The number of aliphatic hydroxyl groups is 1. The summed E-state index contributed by atoms with van der Waals surface area (Å²) >= 11 is 0. The van der Waals surface area contributed by atoms with Crippen LogP contribution in [0.1, 0.15) is 30.5 Å². The van der Waals surface area contributed by atoms with E-state index in [0.29, 0.717) is 5.75 Å². The van der Waals surface area contributed by atoms with Crippen LogP contribution in [0.2, 0.25) is 0 Å². The first-order chi connectivity index (χ1) is 13.0. The Balaban J connectivity index is 1.76. The van der Waals surface area contributed by atoms with E-state index in [0.717, 1.165) is 16.9 Å². The Morgan fingerprint density at radius 3 is 2.30 bits per heavy atom. The first-order valence-electron chi connectivity index (χ1n) is 9.23. The van der Waals surface area contributed by atoms with Crippen LogP contribution in [-0.4, -0.2) is 19.3 Å². The first-order valence-corrected chi connectivity index (χ1v) is 9.23. The summed E-state index contributed by atoms with van der Waals surface area (Å²) < 4.78 is 5.32. The predicted molar refractivity (Wildman–Crippen MR) is 111 cm³/mol. The van der Waals surface area contributed by atoms with Gasteiger partial charge in [0.1, 0.15) is 5.75 Å². The molecule has 1 N–H and O–H groups in total. The highest BCUT2D eigenvalue weighted by Crippen LogP contribution is 2.49. The fraction of sp³-hybridized carbons (Fsp3) is 0.250. The lowest BCUT2D eigenvalue weighted by Crippen LogP contribution is -2.16. The van der Waals surface area contributed by atoms with Crippen molar-refractivity contribution in [1.82, 2.24) is 0 Å². The number of hydrogen-bond donors (Lipinski definition) is 1. The standard InChI is InChI=1S/C24H25NO2/c1-24(2)21-8-6-5-7-19(21)20-11-9-18(14-22(20)24)25(3)17-10-12-23(27-4)16(13-17)15-26/h5-14,26H,15H2,1-4H3. The number of ether oxygens (including phenoxy) is 1. The molecule has 0 saturated carbocycles. The molecule has 0 aromatic heterocycles. The molecule has 138 valence electrons. The second-order valence-corrected chi connectivity index (χ2v) is 7.61. The highest BCUT2D eigenvalue weighted by Gasteiger charge is 2.35. The Kier molecular flexibility index (Phi) is 4.20. The van der Waals surface area contributed by atoms with Crippen molar-refractivity contribution in [2.75, 3.05) is 19.1 Å². The van der Waals surface area contributed by atoms with Crippen molar-refractivity contribution in [3.05, 3.63) is 77.4 Å². The van der Waals surface area contributed by atoms with Gasteiger partial charge in [0, 0.05) is 29.4 Å². The van der Waals surface area contributed by atoms with Crippen molar-refractivity contribution in [3.8, 4) is 16.9 Å². The molecular weight excluding hydrogens is 334 g/mol. The topological polar surface area (TPSA) is 32.7 Å². The van der Waals surface area contributed by atoms with Crippen molar-refractivity contribution < 1.29 is 9.84 Å². The minimum absolute atomic E-state index is 0.0149. The summed E-state index contributed by atoms with van der Waals surface area (Å²) in [7, 11) is 3.68. The van der Waals surface area contributed by atoms with Crippen LogP contribution in [0.25, 0.3) is 11.1 Å². The number of anilines is 2. The minimum Gasteiger partial charge on any atom is -0.496 e. The molecule has 3 heteroatoms. The van der Waals surface area contributed by atoms with Crippen LogP contribution >= 0.6 is 0 Å². The van der Waals surface area contributed by atoms with Gasteiger partial charge in [-0.05, 0) is 52.6 Å². The highest BCUT2D eigenvalue weighted by atomic mass is 16.5. The van der Waals surface area contributed by atoms with Gasteiger partial charge < -0.3 is 14.7 Å². The lowest BCUT2D eigenvalue weighted by atomic mass is 9.82. The van der Waals surface area contributed by atoms with E-state index in [4.69, 9.17) is 4.74 Å². The molecular formula is C24H25NO2. The fourth-order valence-corrected chi connectivity index (χ4v) is 4.15. The largest absolute Gasteiger partial charge is 0.496 e. The van der Waals surface area contributed by atoms with Gasteiger partial charge in [-0.3, -0.25) is 0 Å². The molecule has 27 heavy (non-hydrogen) atoms. The quantitative estimate of drug-likeness (QED) is 0.689. The van der Waals surface area contributed by atoms with Crippen LogP contribution in [-0.2, 0) is 12.0 Å².